The normalized spacial score (nSPS) is 27.6. The van der Waals surface area contributed by atoms with Crippen LogP contribution in [0.3, 0.4) is 0 Å². The summed E-state index contributed by atoms with van der Waals surface area (Å²) in [7, 11) is -2.57. The molecule has 0 amide bonds. The summed E-state index contributed by atoms with van der Waals surface area (Å²) in [4.78, 5) is 52.1. The van der Waals surface area contributed by atoms with Gasteiger partial charge < -0.3 is 19.0 Å². The Kier molecular flexibility index (Phi) is 8.14. The Labute approximate surface area is 243 Å². The van der Waals surface area contributed by atoms with Gasteiger partial charge in [-0.3, -0.25) is 19.2 Å². The van der Waals surface area contributed by atoms with Gasteiger partial charge in [0.05, 0.1) is 17.3 Å². The summed E-state index contributed by atoms with van der Waals surface area (Å²) in [6.07, 6.45) is 2.61. The number of benzene rings is 1. The van der Waals surface area contributed by atoms with E-state index in [2.05, 4.69) is 41.5 Å². The lowest BCUT2D eigenvalue weighted by atomic mass is 9.59. The number of rotatable bonds is 7. The molecule has 3 aliphatic carbocycles. The Hall–Kier alpha value is -2.88. The second-order valence-corrected chi connectivity index (χ2v) is 18.4. The monoisotopic (exact) mass is 582 g/mol. The van der Waals surface area contributed by atoms with E-state index in [0.29, 0.717) is 0 Å². The maximum Gasteiger partial charge on any atom is 0.308 e. The average molecular weight is 583 g/mol. The fourth-order valence-corrected chi connectivity index (χ4v) is 13.4. The molecule has 0 aromatic heterocycles. The number of ketones is 2. The maximum atomic E-state index is 14.3. The summed E-state index contributed by atoms with van der Waals surface area (Å²) in [6.45, 7) is 17.3. The third kappa shape index (κ3) is 5.17. The molecule has 0 bridgehead atoms. The first-order valence-corrected chi connectivity index (χ1v) is 16.6. The van der Waals surface area contributed by atoms with Crippen LogP contribution in [0.25, 0.3) is 0 Å². The number of ether oxygens (including phenoxy) is 2. The number of esters is 2. The minimum absolute atomic E-state index is 0.0267. The van der Waals surface area contributed by atoms with Crippen LogP contribution < -0.4 is 4.74 Å². The van der Waals surface area contributed by atoms with Crippen molar-refractivity contribution >= 4 is 31.8 Å². The van der Waals surface area contributed by atoms with E-state index in [9.17, 15) is 24.3 Å². The highest BCUT2D eigenvalue weighted by Gasteiger charge is 2.60. The summed E-state index contributed by atoms with van der Waals surface area (Å²) in [6, 6.07) is 4.60. The van der Waals surface area contributed by atoms with Crippen molar-refractivity contribution in [1.82, 2.24) is 0 Å². The van der Waals surface area contributed by atoms with Crippen molar-refractivity contribution in [2.75, 3.05) is 0 Å². The highest BCUT2D eigenvalue weighted by atomic mass is 28.4. The largest absolute Gasteiger partial charge is 0.459 e. The van der Waals surface area contributed by atoms with Crippen molar-refractivity contribution in [2.24, 2.45) is 5.92 Å². The molecular weight excluding hydrogens is 540 g/mol. The van der Waals surface area contributed by atoms with Crippen LogP contribution in [-0.4, -0.2) is 54.2 Å². The fraction of sp³-hybridized carbons (Fsp3) is 0.562. The molecule has 1 aromatic rings. The lowest BCUT2D eigenvalue weighted by molar-refractivity contribution is -0.180. The summed E-state index contributed by atoms with van der Waals surface area (Å²) in [5.41, 5.74) is -1.53. The van der Waals surface area contributed by atoms with Crippen LogP contribution in [0.2, 0.25) is 16.6 Å². The van der Waals surface area contributed by atoms with Gasteiger partial charge in [-0.15, -0.1) is 0 Å². The fourth-order valence-electron chi connectivity index (χ4n) is 7.87. The zero-order valence-electron chi connectivity index (χ0n) is 25.5. The molecule has 1 aromatic carbocycles. The standard InChI is InChI=1S/C32H42O8Si/c1-17(2)41(18(3)4,19(5)6)40-25-15-31(9,39-21(8)34)16-32(37)14-13-23-27(28(25)32)30(36)22-11-10-12-24(38-20(7)33)26(22)29(23)35/h10-14,17-19,25,28,37H,15-16H2,1-9H3/t25-,28-,31+,32+/m1/s1. The predicted molar refractivity (Wildman–Crippen MR) is 156 cm³/mol. The van der Waals surface area contributed by atoms with E-state index in [4.69, 9.17) is 13.9 Å². The second kappa shape index (κ2) is 10.7. The first-order chi connectivity index (χ1) is 19.0. The summed E-state index contributed by atoms with van der Waals surface area (Å²) >= 11 is 0. The molecule has 0 radical (unpaired) electrons. The molecule has 1 saturated carbocycles. The number of hydrogen-bond donors (Lipinski definition) is 1. The van der Waals surface area contributed by atoms with Crippen molar-refractivity contribution in [3.63, 3.8) is 0 Å². The van der Waals surface area contributed by atoms with Crippen LogP contribution in [-0.2, 0) is 18.8 Å². The van der Waals surface area contributed by atoms with Crippen LogP contribution in [0.4, 0.5) is 0 Å². The van der Waals surface area contributed by atoms with Crippen LogP contribution in [0.5, 0.6) is 5.75 Å². The Bertz CT molecular complexity index is 1330. The molecule has 1 fully saturated rings. The van der Waals surface area contributed by atoms with Crippen LogP contribution in [0.1, 0.15) is 95.9 Å². The number of fused-ring (bicyclic) bond motifs is 3. The average Bonchev–Trinajstić information content (AvgIpc) is 2.82. The molecule has 41 heavy (non-hydrogen) atoms. The quantitative estimate of drug-likeness (QED) is 0.241. The zero-order valence-corrected chi connectivity index (χ0v) is 26.5. The van der Waals surface area contributed by atoms with E-state index >= 15 is 0 Å². The number of Topliss-reactive ketones (excluding diaryl/α,β-unsaturated/α-hetero) is 2. The van der Waals surface area contributed by atoms with Crippen LogP contribution >= 0.6 is 0 Å². The molecule has 0 saturated heterocycles. The van der Waals surface area contributed by atoms with E-state index in [1.165, 1.54) is 26.0 Å². The van der Waals surface area contributed by atoms with E-state index < -0.39 is 55.0 Å². The number of carbonyl (C=O) groups is 4. The minimum Gasteiger partial charge on any atom is -0.459 e. The minimum atomic E-state index is -2.57. The third-order valence-electron chi connectivity index (χ3n) is 9.03. The van der Waals surface area contributed by atoms with Gasteiger partial charge in [0.1, 0.15) is 11.4 Å². The SMILES string of the molecule is CC(=O)Oc1cccc2c1C(=O)C1=C(C2=O)[C@H]2[C@H](O[Si](C(C)C)(C(C)C)C(C)C)C[C@](C)(OC(C)=O)C[C@@]2(O)C=C1. The van der Waals surface area contributed by atoms with Crippen molar-refractivity contribution in [1.29, 1.82) is 0 Å². The van der Waals surface area contributed by atoms with Gasteiger partial charge in [0.2, 0.25) is 8.32 Å². The van der Waals surface area contributed by atoms with Gasteiger partial charge in [-0.05, 0) is 29.6 Å². The van der Waals surface area contributed by atoms with E-state index in [-0.39, 0.29) is 57.5 Å². The molecule has 4 rings (SSSR count). The highest BCUT2D eigenvalue weighted by molar-refractivity contribution is 6.77. The molecule has 0 unspecified atom stereocenters. The molecule has 4 atom stereocenters. The Morgan fingerprint density at radius 3 is 2.12 bits per heavy atom. The molecule has 8 nitrogen and oxygen atoms in total. The van der Waals surface area contributed by atoms with Crippen molar-refractivity contribution in [2.45, 2.75) is 109 Å². The molecule has 0 heterocycles. The molecule has 0 spiro atoms. The van der Waals surface area contributed by atoms with Gasteiger partial charge in [0.15, 0.2) is 11.6 Å². The zero-order chi connectivity index (χ0) is 30.7. The van der Waals surface area contributed by atoms with Gasteiger partial charge in [0, 0.05) is 49.3 Å². The van der Waals surface area contributed by atoms with E-state index in [0.717, 1.165) is 0 Å². The maximum absolute atomic E-state index is 14.3. The Morgan fingerprint density at radius 1 is 0.976 bits per heavy atom. The molecule has 222 valence electrons. The van der Waals surface area contributed by atoms with E-state index in [1.807, 2.05) is 0 Å². The Morgan fingerprint density at radius 2 is 1.59 bits per heavy atom. The number of allylic oxidation sites excluding steroid dienone is 2. The smallest absolute Gasteiger partial charge is 0.308 e. The van der Waals surface area contributed by atoms with Crippen molar-refractivity contribution < 1.29 is 38.2 Å². The first-order valence-electron chi connectivity index (χ1n) is 14.4. The van der Waals surface area contributed by atoms with Crippen LogP contribution in [0.15, 0.2) is 41.5 Å². The summed E-state index contributed by atoms with van der Waals surface area (Å²) < 4.78 is 18.3. The molecule has 1 N–H and O–H groups in total. The van der Waals surface area contributed by atoms with Crippen molar-refractivity contribution in [3.8, 4) is 5.75 Å². The van der Waals surface area contributed by atoms with Gasteiger partial charge in [0.25, 0.3) is 0 Å². The van der Waals surface area contributed by atoms with Gasteiger partial charge in [-0.1, -0.05) is 65.8 Å². The lowest BCUT2D eigenvalue weighted by Crippen LogP contribution is -2.63. The lowest BCUT2D eigenvalue weighted by Gasteiger charge is -2.55. The molecule has 3 aliphatic rings. The van der Waals surface area contributed by atoms with E-state index in [1.54, 1.807) is 25.1 Å². The molecule has 9 heteroatoms. The van der Waals surface area contributed by atoms with Crippen LogP contribution in [0, 0.1) is 5.92 Å². The topological polar surface area (TPSA) is 116 Å². The van der Waals surface area contributed by atoms with Crippen molar-refractivity contribution in [3.05, 3.63) is 52.6 Å². The first kappa shape index (κ1) is 31.1. The highest BCUT2D eigenvalue weighted by Crippen LogP contribution is 2.54. The number of carbonyl (C=O) groups excluding carboxylic acids is 4. The molecular formula is C32H42O8Si. The third-order valence-corrected chi connectivity index (χ3v) is 15.2. The second-order valence-electron chi connectivity index (χ2n) is 13.0. The summed E-state index contributed by atoms with van der Waals surface area (Å²) in [5, 5.41) is 12.3. The Balaban J connectivity index is 1.93. The van der Waals surface area contributed by atoms with Gasteiger partial charge in [-0.25, -0.2) is 0 Å². The molecule has 0 aliphatic heterocycles. The number of hydrogen-bond acceptors (Lipinski definition) is 8. The predicted octanol–water partition coefficient (Wildman–Crippen LogP) is 5.88. The summed E-state index contributed by atoms with van der Waals surface area (Å²) in [5.74, 6) is -2.77. The number of aliphatic hydroxyl groups is 1. The van der Waals surface area contributed by atoms with Gasteiger partial charge >= 0.3 is 11.9 Å². The van der Waals surface area contributed by atoms with Gasteiger partial charge in [-0.2, -0.15) is 0 Å².